The van der Waals surface area contributed by atoms with E-state index in [-0.39, 0.29) is 5.97 Å². The van der Waals surface area contributed by atoms with Crippen molar-refractivity contribution < 1.29 is 9.53 Å². The van der Waals surface area contributed by atoms with E-state index in [9.17, 15) is 4.79 Å². The average molecular weight is 225 g/mol. The van der Waals surface area contributed by atoms with Crippen molar-refractivity contribution >= 4 is 5.97 Å². The molecule has 92 valence electrons. The smallest absolute Gasteiger partial charge is 0.334 e. The molecule has 16 heavy (non-hydrogen) atoms. The predicted octanol–water partition coefficient (Wildman–Crippen LogP) is 2.27. The molecule has 1 unspecified atom stereocenters. The summed E-state index contributed by atoms with van der Waals surface area (Å²) < 4.78 is 4.89. The van der Waals surface area contributed by atoms with Gasteiger partial charge in [0.15, 0.2) is 0 Å². The Kier molecular flexibility index (Phi) is 4.54. The normalized spacial score (nSPS) is 23.1. The lowest BCUT2D eigenvalue weighted by molar-refractivity contribution is -0.138. The van der Waals surface area contributed by atoms with E-state index in [0.717, 1.165) is 0 Å². The zero-order chi connectivity index (χ0) is 12.2. The highest BCUT2D eigenvalue weighted by molar-refractivity contribution is 5.88. The van der Waals surface area contributed by atoms with Gasteiger partial charge >= 0.3 is 5.97 Å². The maximum atomic E-state index is 11.3. The van der Waals surface area contributed by atoms with Crippen LogP contribution < -0.4 is 5.32 Å². The van der Waals surface area contributed by atoms with E-state index in [0.29, 0.717) is 30.2 Å². The molecule has 0 aromatic heterocycles. The fraction of sp³-hybridized carbons (Fsp3) is 0.769. The number of esters is 1. The molecule has 0 aromatic carbocycles. The molecule has 3 nitrogen and oxygen atoms in total. The van der Waals surface area contributed by atoms with Gasteiger partial charge in [-0.25, -0.2) is 4.79 Å². The molecule has 0 saturated heterocycles. The molecule has 3 heteroatoms. The van der Waals surface area contributed by atoms with Gasteiger partial charge in [0, 0.05) is 18.2 Å². The Labute approximate surface area is 98.2 Å². The van der Waals surface area contributed by atoms with E-state index in [4.69, 9.17) is 4.74 Å². The molecule has 0 aromatic rings. The first-order valence-corrected chi connectivity index (χ1v) is 6.05. The molecule has 0 amide bonds. The van der Waals surface area contributed by atoms with Crippen molar-refractivity contribution in [2.75, 3.05) is 13.2 Å². The number of hydrogen-bond donors (Lipinski definition) is 1. The summed E-state index contributed by atoms with van der Waals surface area (Å²) in [4.78, 5) is 11.3. The lowest BCUT2D eigenvalue weighted by Crippen LogP contribution is -2.39. The van der Waals surface area contributed by atoms with Crippen molar-refractivity contribution in [3.63, 3.8) is 0 Å². The Morgan fingerprint density at radius 1 is 1.56 bits per heavy atom. The van der Waals surface area contributed by atoms with E-state index < -0.39 is 0 Å². The second kappa shape index (κ2) is 5.48. The Morgan fingerprint density at radius 2 is 2.25 bits per heavy atom. The molecule has 0 radical (unpaired) electrons. The highest BCUT2D eigenvalue weighted by atomic mass is 16.5. The molecule has 0 heterocycles. The van der Waals surface area contributed by atoms with Crippen LogP contribution in [0.5, 0.6) is 0 Å². The van der Waals surface area contributed by atoms with Crippen molar-refractivity contribution in [1.82, 2.24) is 5.32 Å². The second-order valence-electron chi connectivity index (χ2n) is 5.14. The monoisotopic (exact) mass is 225 g/mol. The lowest BCUT2D eigenvalue weighted by atomic mass is 9.87. The molecule has 1 atom stereocenters. The zero-order valence-electron chi connectivity index (χ0n) is 10.6. The van der Waals surface area contributed by atoms with Gasteiger partial charge in [0.2, 0.25) is 0 Å². The minimum absolute atomic E-state index is 0.286. The Hall–Kier alpha value is -0.830. The fourth-order valence-electron chi connectivity index (χ4n) is 2.26. The van der Waals surface area contributed by atoms with Crippen LogP contribution in [0.4, 0.5) is 0 Å². The lowest BCUT2D eigenvalue weighted by Gasteiger charge is -2.28. The summed E-state index contributed by atoms with van der Waals surface area (Å²) in [7, 11) is 0. The van der Waals surface area contributed by atoms with Gasteiger partial charge in [-0.1, -0.05) is 26.8 Å². The molecule has 0 bridgehead atoms. The summed E-state index contributed by atoms with van der Waals surface area (Å²) in [5.74, 6) is -0.286. The summed E-state index contributed by atoms with van der Waals surface area (Å²) >= 11 is 0. The van der Waals surface area contributed by atoms with Crippen molar-refractivity contribution in [1.29, 1.82) is 0 Å². The number of nitrogens with one attached hydrogen (secondary N) is 1. The van der Waals surface area contributed by atoms with Crippen LogP contribution in [-0.2, 0) is 9.53 Å². The van der Waals surface area contributed by atoms with Crippen molar-refractivity contribution in [2.45, 2.75) is 46.1 Å². The number of ether oxygens (including phenoxy) is 1. The van der Waals surface area contributed by atoms with Gasteiger partial charge in [-0.05, 0) is 25.2 Å². The fourth-order valence-corrected chi connectivity index (χ4v) is 2.26. The zero-order valence-corrected chi connectivity index (χ0v) is 10.6. The highest BCUT2D eigenvalue weighted by Crippen LogP contribution is 2.37. The van der Waals surface area contributed by atoms with Gasteiger partial charge in [0.05, 0.1) is 6.61 Å². The number of carbonyl (C=O) groups excluding carboxylic acids is 1. The summed E-state index contributed by atoms with van der Waals surface area (Å²) in [6.07, 6.45) is 3.69. The third-order valence-corrected chi connectivity index (χ3v) is 3.38. The SMILES string of the molecule is C=C(CNC1CCCC1(C)C)C(=O)OCC. The van der Waals surface area contributed by atoms with Gasteiger partial charge in [-0.2, -0.15) is 0 Å². The van der Waals surface area contributed by atoms with E-state index >= 15 is 0 Å². The van der Waals surface area contributed by atoms with Gasteiger partial charge < -0.3 is 10.1 Å². The van der Waals surface area contributed by atoms with E-state index in [2.05, 4.69) is 25.7 Å². The molecule has 1 rings (SSSR count). The summed E-state index contributed by atoms with van der Waals surface area (Å²) in [5, 5.41) is 3.41. The molecule has 0 aliphatic heterocycles. The molecule has 1 saturated carbocycles. The maximum Gasteiger partial charge on any atom is 0.334 e. The van der Waals surface area contributed by atoms with Crippen molar-refractivity contribution in [2.24, 2.45) is 5.41 Å². The van der Waals surface area contributed by atoms with Crippen LogP contribution in [0.2, 0.25) is 0 Å². The molecular formula is C13H23NO2. The quantitative estimate of drug-likeness (QED) is 0.576. The van der Waals surface area contributed by atoms with Gasteiger partial charge in [-0.3, -0.25) is 0 Å². The average Bonchev–Trinajstić information content (AvgIpc) is 2.54. The molecule has 1 fully saturated rings. The summed E-state index contributed by atoms with van der Waals surface area (Å²) in [6, 6.07) is 0.485. The van der Waals surface area contributed by atoms with E-state index in [1.54, 1.807) is 6.92 Å². The minimum atomic E-state index is -0.286. The predicted molar refractivity (Wildman–Crippen MR) is 65.2 cm³/mol. The standard InChI is InChI=1S/C13H23NO2/c1-5-16-12(15)10(2)9-14-11-7-6-8-13(11,3)4/h11,14H,2,5-9H2,1,3-4H3. The minimum Gasteiger partial charge on any atom is -0.463 e. The molecule has 0 spiro atoms. The van der Waals surface area contributed by atoms with E-state index in [1.165, 1.54) is 19.3 Å². The highest BCUT2D eigenvalue weighted by Gasteiger charge is 2.34. The Morgan fingerprint density at radius 3 is 2.75 bits per heavy atom. The topological polar surface area (TPSA) is 38.3 Å². The van der Waals surface area contributed by atoms with Crippen LogP contribution in [-0.4, -0.2) is 25.2 Å². The molecule has 1 aliphatic rings. The number of carbonyl (C=O) groups is 1. The van der Waals surface area contributed by atoms with Gasteiger partial charge in [0.1, 0.15) is 0 Å². The number of rotatable bonds is 5. The largest absolute Gasteiger partial charge is 0.463 e. The van der Waals surface area contributed by atoms with Crippen molar-refractivity contribution in [3.05, 3.63) is 12.2 Å². The first-order chi connectivity index (χ1) is 7.47. The van der Waals surface area contributed by atoms with Crippen LogP contribution in [0.15, 0.2) is 12.2 Å². The molecule has 1 aliphatic carbocycles. The maximum absolute atomic E-state index is 11.3. The third kappa shape index (κ3) is 3.34. The Bertz CT molecular complexity index is 271. The first kappa shape index (κ1) is 13.2. The Balaban J connectivity index is 2.34. The molecule has 1 N–H and O–H groups in total. The van der Waals surface area contributed by atoms with Crippen LogP contribution in [0, 0.1) is 5.41 Å². The van der Waals surface area contributed by atoms with Gasteiger partial charge in [0.25, 0.3) is 0 Å². The second-order valence-corrected chi connectivity index (χ2v) is 5.14. The first-order valence-electron chi connectivity index (χ1n) is 6.05. The van der Waals surface area contributed by atoms with Crippen LogP contribution in [0.3, 0.4) is 0 Å². The summed E-state index contributed by atoms with van der Waals surface area (Å²) in [5.41, 5.74) is 0.846. The van der Waals surface area contributed by atoms with Crippen LogP contribution >= 0.6 is 0 Å². The van der Waals surface area contributed by atoms with E-state index in [1.807, 2.05) is 0 Å². The molecular weight excluding hydrogens is 202 g/mol. The van der Waals surface area contributed by atoms with Crippen molar-refractivity contribution in [3.8, 4) is 0 Å². The summed E-state index contributed by atoms with van der Waals surface area (Å²) in [6.45, 7) is 11.0. The number of hydrogen-bond acceptors (Lipinski definition) is 3. The van der Waals surface area contributed by atoms with Crippen LogP contribution in [0.25, 0.3) is 0 Å². The third-order valence-electron chi connectivity index (χ3n) is 3.38. The van der Waals surface area contributed by atoms with Gasteiger partial charge in [-0.15, -0.1) is 0 Å². The van der Waals surface area contributed by atoms with Crippen LogP contribution in [0.1, 0.15) is 40.0 Å².